The fraction of sp³-hybridized carbons (Fsp3) is 0.304. The largest absolute Gasteiger partial charge is 0.497 e. The molecule has 8 heteroatoms. The fourth-order valence-electron chi connectivity index (χ4n) is 3.69. The Labute approximate surface area is 180 Å². The van der Waals surface area contributed by atoms with E-state index in [1.807, 2.05) is 62.0 Å². The number of nitrogens with one attached hydrogen (secondary N) is 1. The maximum Gasteiger partial charge on any atom is 0.252 e. The molecule has 0 atom stereocenters. The van der Waals surface area contributed by atoms with Gasteiger partial charge in [-0.2, -0.15) is 10.2 Å². The zero-order valence-electron chi connectivity index (χ0n) is 18.2. The van der Waals surface area contributed by atoms with Crippen molar-refractivity contribution >= 4 is 16.9 Å². The molecule has 0 unspecified atom stereocenters. The second-order valence-electron chi connectivity index (χ2n) is 7.50. The van der Waals surface area contributed by atoms with Crippen LogP contribution in [0.3, 0.4) is 0 Å². The van der Waals surface area contributed by atoms with Crippen molar-refractivity contribution in [1.82, 2.24) is 29.9 Å². The third kappa shape index (κ3) is 4.14. The van der Waals surface area contributed by atoms with E-state index in [1.54, 1.807) is 18.0 Å². The average Bonchev–Trinajstić information content (AvgIpc) is 3.32. The van der Waals surface area contributed by atoms with Crippen LogP contribution >= 0.6 is 0 Å². The first kappa shape index (κ1) is 20.6. The molecule has 4 rings (SSSR count). The summed E-state index contributed by atoms with van der Waals surface area (Å²) in [4.78, 5) is 17.9. The number of rotatable bonds is 7. The van der Waals surface area contributed by atoms with Gasteiger partial charge in [0.25, 0.3) is 5.91 Å². The molecule has 0 bridgehead atoms. The highest BCUT2D eigenvalue weighted by molar-refractivity contribution is 6.07. The summed E-state index contributed by atoms with van der Waals surface area (Å²) in [7, 11) is 3.47. The van der Waals surface area contributed by atoms with Gasteiger partial charge < -0.3 is 10.1 Å². The molecule has 0 saturated carbocycles. The number of aryl methyl sites for hydroxylation is 4. The average molecular weight is 419 g/mol. The molecule has 8 nitrogen and oxygen atoms in total. The van der Waals surface area contributed by atoms with Gasteiger partial charge in [-0.1, -0.05) is 0 Å². The first-order chi connectivity index (χ1) is 15.0. The van der Waals surface area contributed by atoms with Gasteiger partial charge in [0.05, 0.1) is 29.4 Å². The van der Waals surface area contributed by atoms with Crippen molar-refractivity contribution in [3.05, 3.63) is 59.5 Å². The third-order valence-electron chi connectivity index (χ3n) is 5.36. The number of amides is 1. The minimum absolute atomic E-state index is 0.129. The summed E-state index contributed by atoms with van der Waals surface area (Å²) in [6.45, 7) is 5.23. The van der Waals surface area contributed by atoms with Crippen LogP contribution in [0.15, 0.2) is 42.6 Å². The first-order valence-electron chi connectivity index (χ1n) is 10.2. The maximum absolute atomic E-state index is 13.1. The van der Waals surface area contributed by atoms with Crippen molar-refractivity contribution in [2.75, 3.05) is 13.7 Å². The fourth-order valence-corrected chi connectivity index (χ4v) is 3.69. The molecule has 0 saturated heterocycles. The number of carbonyl (C=O) groups is 1. The molecule has 1 amide bonds. The van der Waals surface area contributed by atoms with Crippen LogP contribution in [0.25, 0.3) is 22.3 Å². The standard InChI is InChI=1S/C23H26N6O2/c1-15-10-12-25-29(15)13-5-11-24-23(30)19-14-20(17-6-8-18(31-4)9-7-17)26-22-21(19)16(2)27-28(22)3/h6-10,12,14H,5,11,13H2,1-4H3,(H,24,30). The van der Waals surface area contributed by atoms with Gasteiger partial charge in [-0.25, -0.2) is 4.98 Å². The molecule has 0 fully saturated rings. The normalized spacial score (nSPS) is 11.1. The second-order valence-corrected chi connectivity index (χ2v) is 7.50. The number of hydrogen-bond acceptors (Lipinski definition) is 5. The molecule has 0 aliphatic rings. The van der Waals surface area contributed by atoms with E-state index < -0.39 is 0 Å². The number of benzene rings is 1. The van der Waals surface area contributed by atoms with E-state index in [0.717, 1.165) is 46.7 Å². The minimum Gasteiger partial charge on any atom is -0.497 e. The van der Waals surface area contributed by atoms with E-state index in [2.05, 4.69) is 15.5 Å². The Morgan fingerprint density at radius 3 is 2.61 bits per heavy atom. The van der Waals surface area contributed by atoms with Crippen molar-refractivity contribution < 1.29 is 9.53 Å². The van der Waals surface area contributed by atoms with E-state index in [-0.39, 0.29) is 5.91 Å². The van der Waals surface area contributed by atoms with Gasteiger partial charge in [-0.05, 0) is 56.7 Å². The predicted octanol–water partition coefficient (Wildman–Crippen LogP) is 3.28. The highest BCUT2D eigenvalue weighted by Gasteiger charge is 2.19. The second kappa shape index (κ2) is 8.59. The van der Waals surface area contributed by atoms with Gasteiger partial charge >= 0.3 is 0 Å². The summed E-state index contributed by atoms with van der Waals surface area (Å²) in [6.07, 6.45) is 2.58. The lowest BCUT2D eigenvalue weighted by Crippen LogP contribution is -2.26. The van der Waals surface area contributed by atoms with Gasteiger partial charge in [0.15, 0.2) is 5.65 Å². The Morgan fingerprint density at radius 2 is 1.94 bits per heavy atom. The highest BCUT2D eigenvalue weighted by Crippen LogP contribution is 2.28. The van der Waals surface area contributed by atoms with Crippen LogP contribution in [-0.2, 0) is 13.6 Å². The third-order valence-corrected chi connectivity index (χ3v) is 5.36. The van der Waals surface area contributed by atoms with Crippen molar-refractivity contribution in [3.63, 3.8) is 0 Å². The summed E-state index contributed by atoms with van der Waals surface area (Å²) in [5.74, 6) is 0.641. The van der Waals surface area contributed by atoms with Crippen molar-refractivity contribution in [2.45, 2.75) is 26.8 Å². The van der Waals surface area contributed by atoms with Gasteiger partial charge in [-0.15, -0.1) is 0 Å². The monoisotopic (exact) mass is 418 g/mol. The van der Waals surface area contributed by atoms with Gasteiger partial charge in [0.1, 0.15) is 5.75 Å². The summed E-state index contributed by atoms with van der Waals surface area (Å²) in [5.41, 5.74) is 4.78. The Balaban J connectivity index is 1.60. The molecular weight excluding hydrogens is 392 g/mol. The van der Waals surface area contributed by atoms with Gasteiger partial charge in [0.2, 0.25) is 0 Å². The number of aromatic nitrogens is 5. The summed E-state index contributed by atoms with van der Waals surface area (Å²) < 4.78 is 8.90. The van der Waals surface area contributed by atoms with Crippen molar-refractivity contribution in [1.29, 1.82) is 0 Å². The SMILES string of the molecule is COc1ccc(-c2cc(C(=O)NCCCn3nccc3C)c3c(C)nn(C)c3n2)cc1. The minimum atomic E-state index is -0.129. The highest BCUT2D eigenvalue weighted by atomic mass is 16.5. The molecule has 0 aliphatic carbocycles. The van der Waals surface area contributed by atoms with E-state index >= 15 is 0 Å². The summed E-state index contributed by atoms with van der Waals surface area (Å²) in [5, 5.41) is 12.6. The smallest absolute Gasteiger partial charge is 0.252 e. The Morgan fingerprint density at radius 1 is 1.16 bits per heavy atom. The molecule has 3 heterocycles. The van der Waals surface area contributed by atoms with Crippen LogP contribution < -0.4 is 10.1 Å². The van der Waals surface area contributed by atoms with Gasteiger partial charge in [-0.3, -0.25) is 14.2 Å². The molecule has 4 aromatic rings. The van der Waals surface area contributed by atoms with Crippen molar-refractivity contribution in [3.8, 4) is 17.0 Å². The first-order valence-corrected chi connectivity index (χ1v) is 10.2. The quantitative estimate of drug-likeness (QED) is 0.466. The summed E-state index contributed by atoms with van der Waals surface area (Å²) in [6, 6.07) is 11.4. The van der Waals surface area contributed by atoms with Gasteiger partial charge in [0, 0.05) is 37.6 Å². The Hall–Kier alpha value is -3.68. The van der Waals surface area contributed by atoms with Crippen LogP contribution in [-0.4, -0.2) is 44.1 Å². The van der Waals surface area contributed by atoms with Crippen LogP contribution in [0.4, 0.5) is 0 Å². The van der Waals surface area contributed by atoms with E-state index in [0.29, 0.717) is 17.8 Å². The van der Waals surface area contributed by atoms with E-state index in [1.165, 1.54) is 0 Å². The molecular formula is C23H26N6O2. The number of ether oxygens (including phenoxy) is 1. The number of carbonyl (C=O) groups excluding carboxylic acids is 1. The zero-order valence-corrected chi connectivity index (χ0v) is 18.2. The molecule has 3 aromatic heterocycles. The van der Waals surface area contributed by atoms with Crippen molar-refractivity contribution in [2.24, 2.45) is 7.05 Å². The molecule has 0 spiro atoms. The lowest BCUT2D eigenvalue weighted by molar-refractivity contribution is 0.0954. The number of nitrogens with zero attached hydrogens (tertiary/aromatic N) is 5. The lowest BCUT2D eigenvalue weighted by Gasteiger charge is -2.10. The predicted molar refractivity (Wildman–Crippen MR) is 119 cm³/mol. The van der Waals surface area contributed by atoms with Crippen LogP contribution in [0.2, 0.25) is 0 Å². The molecule has 160 valence electrons. The Bertz CT molecular complexity index is 1220. The molecule has 0 aliphatic heterocycles. The van der Waals surface area contributed by atoms with Crippen LogP contribution in [0.5, 0.6) is 5.75 Å². The number of pyridine rings is 1. The summed E-state index contributed by atoms with van der Waals surface area (Å²) >= 11 is 0. The molecule has 1 N–H and O–H groups in total. The van der Waals surface area contributed by atoms with E-state index in [4.69, 9.17) is 9.72 Å². The number of methoxy groups -OCH3 is 1. The zero-order chi connectivity index (χ0) is 22.0. The number of fused-ring (bicyclic) bond motifs is 1. The van der Waals surface area contributed by atoms with E-state index in [9.17, 15) is 4.79 Å². The number of hydrogen-bond donors (Lipinski definition) is 1. The molecule has 1 aromatic carbocycles. The van der Waals surface area contributed by atoms with Crippen LogP contribution in [0.1, 0.15) is 28.2 Å². The maximum atomic E-state index is 13.1. The Kier molecular flexibility index (Phi) is 5.70. The lowest BCUT2D eigenvalue weighted by atomic mass is 10.0. The topological polar surface area (TPSA) is 86.9 Å². The van der Waals surface area contributed by atoms with Crippen LogP contribution in [0, 0.1) is 13.8 Å². The molecule has 0 radical (unpaired) electrons. The molecule has 31 heavy (non-hydrogen) atoms.